The molecule has 5 heteroatoms. The normalized spacial score (nSPS) is 24.6. The minimum Gasteiger partial charge on any atom is -0.392 e. The van der Waals surface area contributed by atoms with Gasteiger partial charge in [0.25, 0.3) is 0 Å². The molecular formula is C37H47IrN2O2-. The molecule has 0 spiro atoms. The van der Waals surface area contributed by atoms with Crippen molar-refractivity contribution in [2.45, 2.75) is 91.8 Å². The van der Waals surface area contributed by atoms with Crippen molar-refractivity contribution >= 4 is 10.9 Å². The van der Waals surface area contributed by atoms with Gasteiger partial charge in [-0.2, -0.15) is 0 Å². The largest absolute Gasteiger partial charge is 0.392 e. The van der Waals surface area contributed by atoms with Crippen LogP contribution in [0, 0.1) is 28.7 Å². The maximum atomic E-state index is 10.7. The van der Waals surface area contributed by atoms with Gasteiger partial charge in [-0.1, -0.05) is 89.9 Å². The minimum absolute atomic E-state index is 0. The molecule has 2 saturated carbocycles. The summed E-state index contributed by atoms with van der Waals surface area (Å²) in [6.07, 6.45) is 6.89. The van der Waals surface area contributed by atoms with E-state index in [0.29, 0.717) is 11.8 Å². The maximum Gasteiger partial charge on any atom is 0.0646 e. The van der Waals surface area contributed by atoms with Gasteiger partial charge in [-0.15, -0.1) is 23.6 Å². The molecule has 0 amide bonds. The zero-order valence-electron chi connectivity index (χ0n) is 26.0. The minimum atomic E-state index is -0.357. The van der Waals surface area contributed by atoms with Crippen LogP contribution >= 0.6 is 0 Å². The molecule has 4 unspecified atom stereocenters. The Hall–Kier alpha value is -2.30. The average molecular weight is 744 g/mol. The first-order valence-corrected chi connectivity index (χ1v) is 15.4. The molecule has 2 heterocycles. The smallest absolute Gasteiger partial charge is 0.0646 e. The van der Waals surface area contributed by atoms with Crippen LogP contribution in [-0.2, 0) is 20.1 Å². The molecule has 2 aliphatic rings. The molecular weight excluding hydrogens is 697 g/mol. The van der Waals surface area contributed by atoms with E-state index in [1.54, 1.807) is 0 Å². The molecule has 1 radical (unpaired) electrons. The predicted octanol–water partition coefficient (Wildman–Crippen LogP) is 8.58. The van der Waals surface area contributed by atoms with Crippen LogP contribution in [0.4, 0.5) is 0 Å². The fourth-order valence-electron chi connectivity index (χ4n) is 6.97. The number of fused-ring (bicyclic) bond motifs is 2. The van der Waals surface area contributed by atoms with E-state index in [2.05, 4.69) is 118 Å². The van der Waals surface area contributed by atoms with Crippen molar-refractivity contribution in [3.63, 3.8) is 0 Å². The number of benzene rings is 2. The summed E-state index contributed by atoms with van der Waals surface area (Å²) in [6, 6.07) is 26.6. The van der Waals surface area contributed by atoms with Crippen LogP contribution in [0.1, 0.15) is 85.1 Å². The molecule has 0 bridgehead atoms. The monoisotopic (exact) mass is 744 g/mol. The van der Waals surface area contributed by atoms with E-state index in [4.69, 9.17) is 0 Å². The van der Waals surface area contributed by atoms with E-state index >= 15 is 0 Å². The quantitative estimate of drug-likeness (QED) is 0.207. The number of para-hydroxylation sites is 2. The predicted molar refractivity (Wildman–Crippen MR) is 169 cm³/mol. The Morgan fingerprint density at radius 2 is 1.50 bits per heavy atom. The fourth-order valence-corrected chi connectivity index (χ4v) is 6.97. The first kappa shape index (κ1) is 32.6. The molecule has 2 fully saturated rings. The second kappa shape index (κ2) is 13.1. The third-order valence-corrected chi connectivity index (χ3v) is 9.76. The molecule has 2 aromatic heterocycles. The summed E-state index contributed by atoms with van der Waals surface area (Å²) in [7, 11) is 0. The van der Waals surface area contributed by atoms with Gasteiger partial charge in [0, 0.05) is 43.6 Å². The summed E-state index contributed by atoms with van der Waals surface area (Å²) in [6.45, 7) is 13.0. The third-order valence-electron chi connectivity index (χ3n) is 9.76. The number of aromatic nitrogens is 2. The van der Waals surface area contributed by atoms with E-state index in [0.717, 1.165) is 40.8 Å². The summed E-state index contributed by atoms with van der Waals surface area (Å²) < 4.78 is 2.24. The van der Waals surface area contributed by atoms with Crippen molar-refractivity contribution in [2.75, 3.05) is 0 Å². The van der Waals surface area contributed by atoms with Gasteiger partial charge < -0.3 is 19.8 Å². The van der Waals surface area contributed by atoms with Gasteiger partial charge in [0.15, 0.2) is 0 Å². The Morgan fingerprint density at radius 3 is 2.19 bits per heavy atom. The first-order valence-electron chi connectivity index (χ1n) is 15.4. The Labute approximate surface area is 265 Å². The van der Waals surface area contributed by atoms with Crippen molar-refractivity contribution in [1.82, 2.24) is 9.55 Å². The Bertz CT molecular complexity index is 1460. The van der Waals surface area contributed by atoms with Gasteiger partial charge in [0.05, 0.1) is 12.2 Å². The van der Waals surface area contributed by atoms with Gasteiger partial charge in [-0.25, -0.2) is 0 Å². The molecule has 4 aromatic rings. The van der Waals surface area contributed by atoms with Gasteiger partial charge in [0.1, 0.15) is 0 Å². The molecule has 6 rings (SSSR count). The summed E-state index contributed by atoms with van der Waals surface area (Å²) in [4.78, 5) is 4.62. The van der Waals surface area contributed by atoms with Crippen LogP contribution in [0.3, 0.4) is 0 Å². The number of nitrogens with zero attached hydrogens (tertiary/aromatic N) is 2. The second-order valence-corrected chi connectivity index (χ2v) is 13.9. The molecule has 2 aliphatic carbocycles. The van der Waals surface area contributed by atoms with E-state index in [1.165, 1.54) is 24.8 Å². The molecule has 227 valence electrons. The second-order valence-electron chi connectivity index (χ2n) is 13.9. The van der Waals surface area contributed by atoms with E-state index in [1.807, 2.05) is 12.3 Å². The van der Waals surface area contributed by atoms with Crippen LogP contribution in [0.5, 0.6) is 0 Å². The number of aliphatic hydroxyl groups is 2. The first-order chi connectivity index (χ1) is 19.5. The molecule has 4 nitrogen and oxygen atoms in total. The fraction of sp³-hybridized carbons (Fsp3) is 0.486. The molecule has 0 saturated heterocycles. The van der Waals surface area contributed by atoms with Crippen molar-refractivity contribution in [3.05, 3.63) is 84.6 Å². The van der Waals surface area contributed by atoms with Crippen LogP contribution in [0.2, 0.25) is 0 Å². The van der Waals surface area contributed by atoms with Crippen LogP contribution < -0.4 is 0 Å². The number of hydrogen-bond acceptors (Lipinski definition) is 3. The van der Waals surface area contributed by atoms with Gasteiger partial charge in [-0.3, -0.25) is 0 Å². The third kappa shape index (κ3) is 6.60. The summed E-state index contributed by atoms with van der Waals surface area (Å²) >= 11 is 0. The van der Waals surface area contributed by atoms with Gasteiger partial charge >= 0.3 is 0 Å². The van der Waals surface area contributed by atoms with Crippen molar-refractivity contribution in [2.24, 2.45) is 22.7 Å². The van der Waals surface area contributed by atoms with Crippen LogP contribution in [-0.4, -0.2) is 32.0 Å². The number of pyridine rings is 1. The Kier molecular flexibility index (Phi) is 10.2. The van der Waals surface area contributed by atoms with Crippen LogP contribution in [0.15, 0.2) is 72.9 Å². The van der Waals surface area contributed by atoms with E-state index in [9.17, 15) is 10.2 Å². The molecule has 2 aromatic carbocycles. The zero-order valence-corrected chi connectivity index (χ0v) is 28.4. The van der Waals surface area contributed by atoms with Crippen molar-refractivity contribution < 1.29 is 30.3 Å². The van der Waals surface area contributed by atoms with E-state index in [-0.39, 0.29) is 49.1 Å². The molecule has 4 atom stereocenters. The Morgan fingerprint density at radius 1 is 0.857 bits per heavy atom. The number of rotatable bonds is 3. The molecule has 0 aliphatic heterocycles. The topological polar surface area (TPSA) is 58.3 Å². The van der Waals surface area contributed by atoms with Gasteiger partial charge in [0.2, 0.25) is 0 Å². The Balaban J connectivity index is 0.000000200. The van der Waals surface area contributed by atoms with Crippen molar-refractivity contribution in [1.29, 1.82) is 0 Å². The average Bonchev–Trinajstić information content (AvgIpc) is 3.30. The van der Waals surface area contributed by atoms with Gasteiger partial charge in [-0.05, 0) is 77.8 Å². The number of aliphatic hydroxyl groups excluding tert-OH is 2. The number of hydrogen-bond donors (Lipinski definition) is 2. The SMILES string of the molecule is CC(C)c1ccnc(-c2[c-]c3ccccc3n2-c2ccccc2)c1.CC1(C)CCCC2CCC(C)(C)C(O)C2C1O.[Ir]. The summed E-state index contributed by atoms with van der Waals surface area (Å²) in [5.41, 5.74) is 5.44. The van der Waals surface area contributed by atoms with E-state index < -0.39 is 0 Å². The van der Waals surface area contributed by atoms with Crippen molar-refractivity contribution in [3.8, 4) is 17.1 Å². The van der Waals surface area contributed by atoms with Crippen LogP contribution in [0.25, 0.3) is 28.0 Å². The summed E-state index contributed by atoms with van der Waals surface area (Å²) in [5, 5.41) is 22.4. The zero-order chi connectivity index (χ0) is 29.4. The summed E-state index contributed by atoms with van der Waals surface area (Å²) in [5.74, 6) is 1.08. The standard InChI is InChI=1S/C22H19N2.C15H28O2.Ir/c1-16(2)17-12-13-23-20(14-17)22-15-18-8-6-7-11-21(18)24(22)19-9-4-3-5-10-19;1-14(2)8-5-6-10-7-9-15(3,4)13(17)11(10)12(14)16;/h3-14,16H,1-2H3;10-13,16-17H,5-9H2,1-4H3;/q-1;;. The molecule has 2 N–H and O–H groups in total. The maximum absolute atomic E-state index is 10.7. The molecule has 42 heavy (non-hydrogen) atoms.